The highest BCUT2D eigenvalue weighted by atomic mass is 35.5. The Labute approximate surface area is 223 Å². The lowest BCUT2D eigenvalue weighted by atomic mass is 10.0. The van der Waals surface area contributed by atoms with E-state index in [0.29, 0.717) is 17.1 Å². The molecule has 2 aromatic heterocycles. The molecule has 36 heavy (non-hydrogen) atoms. The predicted molar refractivity (Wildman–Crippen MR) is 151 cm³/mol. The van der Waals surface area contributed by atoms with Gasteiger partial charge in [0.15, 0.2) is 0 Å². The summed E-state index contributed by atoms with van der Waals surface area (Å²) in [6.45, 7) is 1.87. The molecule has 0 unspecified atom stereocenters. The van der Waals surface area contributed by atoms with E-state index in [4.69, 9.17) is 9.72 Å². The maximum atomic E-state index is 13.5. The maximum absolute atomic E-state index is 13.5. The summed E-state index contributed by atoms with van der Waals surface area (Å²) in [5.41, 5.74) is 3.85. The number of carbonyl (C=O) groups is 1. The molecule has 0 saturated carbocycles. The number of hydrogen-bond donors (Lipinski definition) is 1. The molecular formula is C28H24ClN3O2S2. The zero-order chi connectivity index (χ0) is 23.8. The number of anilines is 1. The summed E-state index contributed by atoms with van der Waals surface area (Å²) < 4.78 is 7.19. The number of carbonyl (C=O) groups excluding carboxylic acids is 1. The maximum Gasteiger partial charge on any atom is 0.260 e. The summed E-state index contributed by atoms with van der Waals surface area (Å²) in [6, 6.07) is 25.1. The van der Waals surface area contributed by atoms with E-state index in [-0.39, 0.29) is 18.3 Å². The molecule has 1 aliphatic heterocycles. The first-order valence-corrected chi connectivity index (χ1v) is 13.1. The van der Waals surface area contributed by atoms with E-state index < -0.39 is 0 Å². The summed E-state index contributed by atoms with van der Waals surface area (Å²) in [7, 11) is 2.13. The number of hydrogen-bond acceptors (Lipinski definition) is 6. The summed E-state index contributed by atoms with van der Waals surface area (Å²) in [4.78, 5) is 22.1. The van der Waals surface area contributed by atoms with Crippen molar-refractivity contribution in [2.24, 2.45) is 0 Å². The molecule has 5 aromatic rings. The van der Waals surface area contributed by atoms with Gasteiger partial charge < -0.3 is 15.0 Å². The summed E-state index contributed by atoms with van der Waals surface area (Å²) in [6.07, 6.45) is 0.942. The first kappa shape index (κ1) is 24.5. The minimum Gasteiger partial charge on any atom is -0.457 e. The van der Waals surface area contributed by atoms with Gasteiger partial charge in [-0.3, -0.25) is 4.79 Å². The lowest BCUT2D eigenvalue weighted by Gasteiger charge is -2.22. The van der Waals surface area contributed by atoms with Crippen LogP contribution in [-0.2, 0) is 13.0 Å². The van der Waals surface area contributed by atoms with Crippen LogP contribution in [0.2, 0.25) is 0 Å². The van der Waals surface area contributed by atoms with Gasteiger partial charge in [-0.05, 0) is 55.4 Å². The number of rotatable bonds is 5. The second-order valence-electron chi connectivity index (χ2n) is 8.55. The molecule has 6 rings (SSSR count). The number of para-hydroxylation sites is 3. The highest BCUT2D eigenvalue weighted by Crippen LogP contribution is 2.45. The number of halogens is 1. The third-order valence-corrected chi connectivity index (χ3v) is 8.27. The Morgan fingerprint density at radius 1 is 0.972 bits per heavy atom. The minimum atomic E-state index is -0.189. The van der Waals surface area contributed by atoms with Gasteiger partial charge in [-0.2, -0.15) is 0 Å². The van der Waals surface area contributed by atoms with Crippen molar-refractivity contribution in [3.8, 4) is 22.1 Å². The van der Waals surface area contributed by atoms with Crippen molar-refractivity contribution < 1.29 is 9.53 Å². The van der Waals surface area contributed by atoms with Crippen LogP contribution < -0.4 is 10.1 Å². The molecule has 0 fully saturated rings. The summed E-state index contributed by atoms with van der Waals surface area (Å²) in [5.74, 6) is 1.03. The molecule has 8 heteroatoms. The van der Waals surface area contributed by atoms with Gasteiger partial charge in [-0.15, -0.1) is 35.1 Å². The minimum absolute atomic E-state index is 0. The number of thiazole rings is 1. The summed E-state index contributed by atoms with van der Waals surface area (Å²) >= 11 is 3.33. The molecule has 0 aliphatic carbocycles. The lowest BCUT2D eigenvalue weighted by Crippen LogP contribution is -2.25. The fourth-order valence-corrected chi connectivity index (χ4v) is 6.79. The zero-order valence-corrected chi connectivity index (χ0v) is 22.0. The van der Waals surface area contributed by atoms with Gasteiger partial charge in [0, 0.05) is 23.5 Å². The fraction of sp³-hybridized carbons (Fsp3) is 0.143. The van der Waals surface area contributed by atoms with Crippen molar-refractivity contribution in [3.63, 3.8) is 0 Å². The number of aromatic nitrogens is 1. The van der Waals surface area contributed by atoms with Gasteiger partial charge in [-0.1, -0.05) is 42.5 Å². The first-order chi connectivity index (χ1) is 17.2. The Morgan fingerprint density at radius 2 is 1.72 bits per heavy atom. The highest BCUT2D eigenvalue weighted by molar-refractivity contribution is 7.23. The van der Waals surface area contributed by atoms with Crippen LogP contribution in [0.3, 0.4) is 0 Å². The average Bonchev–Trinajstić information content (AvgIpc) is 3.45. The number of nitrogens with one attached hydrogen (secondary N) is 1. The van der Waals surface area contributed by atoms with Crippen LogP contribution in [0.25, 0.3) is 20.8 Å². The third kappa shape index (κ3) is 4.75. The number of ether oxygens (including phenoxy) is 1. The molecule has 0 spiro atoms. The van der Waals surface area contributed by atoms with E-state index in [2.05, 4.69) is 23.3 Å². The molecule has 0 saturated heterocycles. The van der Waals surface area contributed by atoms with Gasteiger partial charge in [0.05, 0.1) is 15.8 Å². The Morgan fingerprint density at radius 3 is 2.56 bits per heavy atom. The van der Waals surface area contributed by atoms with Crippen molar-refractivity contribution >= 4 is 56.2 Å². The number of amides is 1. The van der Waals surface area contributed by atoms with Crippen LogP contribution in [0, 0.1) is 0 Å². The molecule has 5 nitrogen and oxygen atoms in total. The average molecular weight is 534 g/mol. The van der Waals surface area contributed by atoms with E-state index in [1.165, 1.54) is 10.4 Å². The van der Waals surface area contributed by atoms with Crippen molar-refractivity contribution in [2.75, 3.05) is 18.9 Å². The second-order valence-corrected chi connectivity index (χ2v) is 10.7. The molecule has 1 amide bonds. The number of nitrogens with zero attached hydrogens (tertiary/aromatic N) is 2. The zero-order valence-electron chi connectivity index (χ0n) is 19.6. The van der Waals surface area contributed by atoms with Gasteiger partial charge >= 0.3 is 0 Å². The van der Waals surface area contributed by atoms with E-state index >= 15 is 0 Å². The van der Waals surface area contributed by atoms with Crippen LogP contribution in [0.1, 0.15) is 20.8 Å². The molecule has 0 atom stereocenters. The van der Waals surface area contributed by atoms with Crippen molar-refractivity contribution in [1.29, 1.82) is 0 Å². The third-order valence-electron chi connectivity index (χ3n) is 6.09. The lowest BCUT2D eigenvalue weighted by molar-refractivity contribution is 0.102. The first-order valence-electron chi connectivity index (χ1n) is 11.5. The fourth-order valence-electron chi connectivity index (χ4n) is 4.35. The van der Waals surface area contributed by atoms with E-state index in [9.17, 15) is 4.79 Å². The Balaban J connectivity index is 0.00000267. The van der Waals surface area contributed by atoms with Crippen LogP contribution in [-0.4, -0.2) is 29.4 Å². The second kappa shape index (κ2) is 10.4. The van der Waals surface area contributed by atoms with Gasteiger partial charge in [0.25, 0.3) is 5.91 Å². The largest absolute Gasteiger partial charge is 0.457 e. The monoisotopic (exact) mass is 533 g/mol. The standard InChI is InChI=1S/C28H23N3O2S2.ClH/c1-31-16-15-20-24(17-31)35-28(25(20)27-29-21-12-6-8-14-23(21)34-27)30-26(32)19-11-5-7-13-22(19)33-18-9-3-2-4-10-18;/h2-14H,15-17H2,1H3,(H,30,32);1H. The smallest absolute Gasteiger partial charge is 0.260 e. The molecular weight excluding hydrogens is 510 g/mol. The Hall–Kier alpha value is -3.23. The predicted octanol–water partition coefficient (Wildman–Crippen LogP) is 7.48. The van der Waals surface area contributed by atoms with Gasteiger partial charge in [-0.25, -0.2) is 4.98 Å². The van der Waals surface area contributed by atoms with Crippen molar-refractivity contribution in [2.45, 2.75) is 13.0 Å². The number of thiophene rings is 1. The molecule has 0 bridgehead atoms. The molecule has 1 aliphatic rings. The van der Waals surface area contributed by atoms with E-state index in [1.807, 2.05) is 66.7 Å². The van der Waals surface area contributed by atoms with Gasteiger partial charge in [0.1, 0.15) is 21.5 Å². The molecule has 0 radical (unpaired) electrons. The van der Waals surface area contributed by atoms with Crippen molar-refractivity contribution in [3.05, 3.63) is 94.9 Å². The SMILES string of the molecule is CN1CCc2c(sc(NC(=O)c3ccccc3Oc3ccccc3)c2-c2nc3ccccc3s2)C1.Cl. The Kier molecular flexibility index (Phi) is 7.07. The van der Waals surface area contributed by atoms with Gasteiger partial charge in [0.2, 0.25) is 0 Å². The number of fused-ring (bicyclic) bond motifs is 2. The highest BCUT2D eigenvalue weighted by Gasteiger charge is 2.27. The number of benzene rings is 3. The van der Waals surface area contributed by atoms with Crippen molar-refractivity contribution in [1.82, 2.24) is 9.88 Å². The molecule has 1 N–H and O–H groups in total. The summed E-state index contributed by atoms with van der Waals surface area (Å²) in [5, 5.41) is 5.02. The Bertz CT molecular complexity index is 1500. The van der Waals surface area contributed by atoms with E-state index in [1.54, 1.807) is 28.7 Å². The molecule has 3 heterocycles. The quantitative estimate of drug-likeness (QED) is 0.254. The van der Waals surface area contributed by atoms with Crippen LogP contribution in [0.5, 0.6) is 11.5 Å². The van der Waals surface area contributed by atoms with E-state index in [0.717, 1.165) is 45.3 Å². The normalized spacial score (nSPS) is 13.1. The molecule has 3 aromatic carbocycles. The van der Waals surface area contributed by atoms with Crippen LogP contribution in [0.15, 0.2) is 78.9 Å². The van der Waals surface area contributed by atoms with Crippen LogP contribution >= 0.6 is 35.1 Å². The van der Waals surface area contributed by atoms with Crippen LogP contribution in [0.4, 0.5) is 5.00 Å². The number of likely N-dealkylation sites (N-methyl/N-ethyl adjacent to an activating group) is 1. The topological polar surface area (TPSA) is 54.5 Å². The molecule has 182 valence electrons.